The van der Waals surface area contributed by atoms with Crippen LogP contribution in [-0.2, 0) is 0 Å². The maximum atomic E-state index is 4.11. The first kappa shape index (κ1) is 10.9. The van der Waals surface area contributed by atoms with Crippen LogP contribution in [0, 0.1) is 0 Å². The predicted octanol–water partition coefficient (Wildman–Crippen LogP) is 4.12. The predicted molar refractivity (Wildman–Crippen MR) is 67.0 cm³/mol. The topological polar surface area (TPSA) is 12.9 Å². The maximum absolute atomic E-state index is 4.11. The summed E-state index contributed by atoms with van der Waals surface area (Å²) in [5.41, 5.74) is 3.10. The van der Waals surface area contributed by atoms with Crippen LogP contribution in [0.25, 0.3) is 16.6 Å². The fraction of sp³-hybridized carbons (Fsp3) is 0.0833. The summed E-state index contributed by atoms with van der Waals surface area (Å²) in [7, 11) is 0. The largest absolute Gasteiger partial charge is 0.263 e. The highest BCUT2D eigenvalue weighted by atomic mass is 79.9. The van der Waals surface area contributed by atoms with Crippen LogP contribution in [0.15, 0.2) is 31.6 Å². The molecule has 1 aromatic rings. The Kier molecular flexibility index (Phi) is 3.84. The van der Waals surface area contributed by atoms with E-state index >= 15 is 0 Å². The first-order valence-corrected chi connectivity index (χ1v) is 5.09. The van der Waals surface area contributed by atoms with Crippen LogP contribution >= 0.6 is 15.9 Å². The van der Waals surface area contributed by atoms with Gasteiger partial charge in [0.2, 0.25) is 0 Å². The maximum Gasteiger partial charge on any atom is 0.0347 e. The quantitative estimate of drug-likeness (QED) is 0.786. The summed E-state index contributed by atoms with van der Waals surface area (Å²) in [6, 6.07) is 0. The lowest BCUT2D eigenvalue weighted by molar-refractivity contribution is 1.29. The van der Waals surface area contributed by atoms with Crippen LogP contribution in [0.5, 0.6) is 0 Å². The number of allylic oxidation sites excluding steroid dienone is 1. The van der Waals surface area contributed by atoms with Crippen molar-refractivity contribution in [3.05, 3.63) is 48.3 Å². The van der Waals surface area contributed by atoms with Crippen molar-refractivity contribution in [3.8, 4) is 0 Å². The molecule has 72 valence electrons. The van der Waals surface area contributed by atoms with Crippen LogP contribution in [-0.4, -0.2) is 4.98 Å². The van der Waals surface area contributed by atoms with Crippen LogP contribution in [0.1, 0.15) is 23.6 Å². The first-order chi connectivity index (χ1) is 6.74. The summed E-state index contributed by atoms with van der Waals surface area (Å²) in [6.45, 7) is 9.50. The molecule has 0 fully saturated rings. The van der Waals surface area contributed by atoms with Crippen LogP contribution < -0.4 is 0 Å². The van der Waals surface area contributed by atoms with Gasteiger partial charge in [0, 0.05) is 33.6 Å². The normalized spacial score (nSPS) is 11.1. The molecule has 1 heterocycles. The Labute approximate surface area is 93.0 Å². The van der Waals surface area contributed by atoms with Gasteiger partial charge in [-0.25, -0.2) is 0 Å². The van der Waals surface area contributed by atoms with Crippen molar-refractivity contribution in [2.75, 3.05) is 0 Å². The zero-order chi connectivity index (χ0) is 10.6. The fourth-order valence-electron chi connectivity index (χ4n) is 1.22. The fourth-order valence-corrected chi connectivity index (χ4v) is 1.68. The van der Waals surface area contributed by atoms with Gasteiger partial charge in [-0.3, -0.25) is 4.98 Å². The molecule has 0 amide bonds. The highest BCUT2D eigenvalue weighted by Crippen LogP contribution is 2.28. The highest BCUT2D eigenvalue weighted by molar-refractivity contribution is 9.15. The molecule has 0 aliphatic carbocycles. The van der Waals surface area contributed by atoms with Gasteiger partial charge in [-0.1, -0.05) is 47.3 Å². The van der Waals surface area contributed by atoms with E-state index in [1.165, 1.54) is 0 Å². The second-order valence-electron chi connectivity index (χ2n) is 2.74. The molecule has 1 rings (SSSR count). The minimum atomic E-state index is 1.01. The van der Waals surface area contributed by atoms with Crippen molar-refractivity contribution in [1.29, 1.82) is 0 Å². The van der Waals surface area contributed by atoms with Gasteiger partial charge in [0.1, 0.15) is 0 Å². The van der Waals surface area contributed by atoms with Crippen molar-refractivity contribution < 1.29 is 0 Å². The number of rotatable bonds is 3. The zero-order valence-electron chi connectivity index (χ0n) is 8.13. The molecule has 0 N–H and O–H groups in total. The average Bonchev–Trinajstić information content (AvgIpc) is 2.26. The molecule has 0 saturated carbocycles. The molecule has 0 aromatic carbocycles. The minimum Gasteiger partial charge on any atom is -0.263 e. The van der Waals surface area contributed by atoms with Gasteiger partial charge in [0.05, 0.1) is 0 Å². The molecule has 0 radical (unpaired) electrons. The van der Waals surface area contributed by atoms with Gasteiger partial charge in [0.25, 0.3) is 0 Å². The third kappa shape index (κ3) is 2.02. The second kappa shape index (κ2) is 4.91. The molecular formula is C12H12BrN. The van der Waals surface area contributed by atoms with Crippen LogP contribution in [0.2, 0.25) is 0 Å². The van der Waals surface area contributed by atoms with Gasteiger partial charge in [0.15, 0.2) is 0 Å². The Hall–Kier alpha value is -1.15. The van der Waals surface area contributed by atoms with E-state index in [4.69, 9.17) is 0 Å². The molecule has 0 bridgehead atoms. The van der Waals surface area contributed by atoms with Gasteiger partial charge in [-0.05, 0) is 6.92 Å². The van der Waals surface area contributed by atoms with E-state index in [2.05, 4.69) is 34.1 Å². The van der Waals surface area contributed by atoms with Crippen LogP contribution in [0.3, 0.4) is 0 Å². The van der Waals surface area contributed by atoms with E-state index in [0.29, 0.717) is 0 Å². The molecule has 1 nitrogen and oxygen atoms in total. The Morgan fingerprint density at radius 2 is 1.79 bits per heavy atom. The number of pyridine rings is 1. The summed E-state index contributed by atoms with van der Waals surface area (Å²) >= 11 is 3.51. The van der Waals surface area contributed by atoms with Crippen LogP contribution in [0.4, 0.5) is 0 Å². The van der Waals surface area contributed by atoms with E-state index in [9.17, 15) is 0 Å². The summed E-state index contributed by atoms with van der Waals surface area (Å²) < 4.78 is 1.03. The molecule has 1 aromatic heterocycles. The van der Waals surface area contributed by atoms with Gasteiger partial charge in [-0.15, -0.1) is 0 Å². The average molecular weight is 250 g/mol. The number of aromatic nitrogens is 1. The van der Waals surface area contributed by atoms with Crippen molar-refractivity contribution in [3.63, 3.8) is 0 Å². The molecule has 0 saturated heterocycles. The summed E-state index contributed by atoms with van der Waals surface area (Å²) in [6.07, 6.45) is 9.16. The van der Waals surface area contributed by atoms with Crippen molar-refractivity contribution in [2.24, 2.45) is 0 Å². The molecule has 0 aliphatic rings. The smallest absolute Gasteiger partial charge is 0.0347 e. The standard InChI is InChI=1S/C12H12BrN/c1-4-9-7-14-8-10(5-2)12(9)11(13)6-3/h4-8H,1-2H2,3H3/b11-6+. The molecule has 2 heteroatoms. The lowest BCUT2D eigenvalue weighted by atomic mass is 10.0. The number of nitrogens with zero attached hydrogens (tertiary/aromatic N) is 1. The van der Waals surface area contributed by atoms with E-state index in [1.54, 1.807) is 24.5 Å². The third-order valence-corrected chi connectivity index (χ3v) is 2.79. The van der Waals surface area contributed by atoms with Crippen molar-refractivity contribution in [2.45, 2.75) is 6.92 Å². The van der Waals surface area contributed by atoms with Gasteiger partial charge >= 0.3 is 0 Å². The van der Waals surface area contributed by atoms with E-state index < -0.39 is 0 Å². The molecule has 0 spiro atoms. The number of hydrogen-bond acceptors (Lipinski definition) is 1. The molecule has 0 unspecified atom stereocenters. The van der Waals surface area contributed by atoms with E-state index in [-0.39, 0.29) is 0 Å². The van der Waals surface area contributed by atoms with E-state index in [0.717, 1.165) is 21.2 Å². The van der Waals surface area contributed by atoms with Gasteiger partial charge < -0.3 is 0 Å². The van der Waals surface area contributed by atoms with Crippen molar-refractivity contribution >= 4 is 32.6 Å². The summed E-state index contributed by atoms with van der Waals surface area (Å²) in [5, 5.41) is 0. The second-order valence-corrected chi connectivity index (χ2v) is 3.59. The first-order valence-electron chi connectivity index (χ1n) is 4.29. The minimum absolute atomic E-state index is 1.01. The Morgan fingerprint density at radius 3 is 2.14 bits per heavy atom. The van der Waals surface area contributed by atoms with Gasteiger partial charge in [-0.2, -0.15) is 0 Å². The van der Waals surface area contributed by atoms with Crippen molar-refractivity contribution in [1.82, 2.24) is 4.98 Å². The Bertz CT molecular complexity index is 365. The molecule has 0 atom stereocenters. The molecule has 14 heavy (non-hydrogen) atoms. The van der Waals surface area contributed by atoms with E-state index in [1.807, 2.05) is 13.0 Å². The lowest BCUT2D eigenvalue weighted by Gasteiger charge is -2.08. The Balaban J connectivity index is 3.48. The molecular weight excluding hydrogens is 238 g/mol. The third-order valence-electron chi connectivity index (χ3n) is 1.94. The number of hydrogen-bond donors (Lipinski definition) is 0. The highest BCUT2D eigenvalue weighted by Gasteiger charge is 2.06. The zero-order valence-corrected chi connectivity index (χ0v) is 9.71. The summed E-state index contributed by atoms with van der Waals surface area (Å²) in [4.78, 5) is 4.11. The summed E-state index contributed by atoms with van der Waals surface area (Å²) in [5.74, 6) is 0. The number of halogens is 1. The molecule has 0 aliphatic heterocycles. The lowest BCUT2D eigenvalue weighted by Crippen LogP contribution is -1.90. The monoisotopic (exact) mass is 249 g/mol. The Morgan fingerprint density at radius 1 is 1.29 bits per heavy atom. The SMILES string of the molecule is C=Cc1cncc(C=C)c1/C(Br)=C\C.